The first-order valence-corrected chi connectivity index (χ1v) is 6.39. The van der Waals surface area contributed by atoms with Gasteiger partial charge in [-0.05, 0) is 30.8 Å². The van der Waals surface area contributed by atoms with E-state index in [9.17, 15) is 4.79 Å². The quantitative estimate of drug-likeness (QED) is 0.544. The Morgan fingerprint density at radius 3 is 2.82 bits per heavy atom. The minimum absolute atomic E-state index is 0.191. The third kappa shape index (κ3) is 1.96. The van der Waals surface area contributed by atoms with Crippen molar-refractivity contribution in [3.63, 3.8) is 0 Å². The van der Waals surface area contributed by atoms with Crippen molar-refractivity contribution in [2.75, 3.05) is 13.1 Å². The van der Waals surface area contributed by atoms with Crippen LogP contribution in [0.3, 0.4) is 0 Å². The van der Waals surface area contributed by atoms with Crippen LogP contribution in [0.25, 0.3) is 0 Å². The molecular weight excluding hydrogens is 234 g/mol. The van der Waals surface area contributed by atoms with Gasteiger partial charge >= 0.3 is 5.97 Å². The summed E-state index contributed by atoms with van der Waals surface area (Å²) in [6.45, 7) is 1.85. The number of thiol groups is 1. The largest absolute Gasteiger partial charge is 0.455 e. The van der Waals surface area contributed by atoms with Crippen LogP contribution in [-0.2, 0) is 11.2 Å². The Labute approximate surface area is 106 Å². The summed E-state index contributed by atoms with van der Waals surface area (Å²) in [5.74, 6) is -0.191. The van der Waals surface area contributed by atoms with E-state index in [0.717, 1.165) is 42.8 Å². The average Bonchev–Trinajstić information content (AvgIpc) is 2.31. The molecule has 1 aromatic rings. The predicted octanol–water partition coefficient (Wildman–Crippen LogP) is 1.81. The molecule has 0 bridgehead atoms. The molecule has 1 aromatic carbocycles. The number of esters is 1. The SMILES string of the molecule is O=C1OC2(CCNCC2)Cc2ccc(S)cc21. The molecule has 2 aliphatic heterocycles. The van der Waals surface area contributed by atoms with E-state index in [-0.39, 0.29) is 11.6 Å². The molecule has 1 spiro atoms. The molecule has 4 heteroatoms. The van der Waals surface area contributed by atoms with E-state index in [1.54, 1.807) is 6.07 Å². The highest BCUT2D eigenvalue weighted by molar-refractivity contribution is 7.80. The molecule has 1 N–H and O–H groups in total. The van der Waals surface area contributed by atoms with Gasteiger partial charge < -0.3 is 10.1 Å². The van der Waals surface area contributed by atoms with Gasteiger partial charge in [0.2, 0.25) is 0 Å². The molecule has 0 aliphatic carbocycles. The van der Waals surface area contributed by atoms with Crippen LogP contribution in [0.1, 0.15) is 28.8 Å². The van der Waals surface area contributed by atoms with Crippen LogP contribution in [0.5, 0.6) is 0 Å². The van der Waals surface area contributed by atoms with Crippen LogP contribution in [-0.4, -0.2) is 24.7 Å². The van der Waals surface area contributed by atoms with Crippen molar-refractivity contribution < 1.29 is 9.53 Å². The molecule has 17 heavy (non-hydrogen) atoms. The fourth-order valence-corrected chi connectivity index (χ4v) is 2.91. The summed E-state index contributed by atoms with van der Waals surface area (Å²) in [6.07, 6.45) is 2.64. The number of piperidine rings is 1. The number of ether oxygens (including phenoxy) is 1. The molecule has 1 saturated heterocycles. The minimum atomic E-state index is -0.270. The Kier molecular flexibility index (Phi) is 2.64. The fraction of sp³-hybridized carbons (Fsp3) is 0.462. The monoisotopic (exact) mass is 249 g/mol. The molecule has 2 aliphatic rings. The number of benzene rings is 1. The van der Waals surface area contributed by atoms with Crippen molar-refractivity contribution in [1.29, 1.82) is 0 Å². The average molecular weight is 249 g/mol. The third-order valence-corrected chi connectivity index (χ3v) is 3.93. The molecule has 90 valence electrons. The first kappa shape index (κ1) is 11.1. The van der Waals surface area contributed by atoms with Gasteiger partial charge in [0.1, 0.15) is 5.60 Å². The molecule has 0 aromatic heterocycles. The smallest absolute Gasteiger partial charge is 0.339 e. The second-order valence-corrected chi connectivity index (χ2v) is 5.36. The molecule has 0 saturated carbocycles. The van der Waals surface area contributed by atoms with Crippen LogP contribution >= 0.6 is 12.6 Å². The van der Waals surface area contributed by atoms with Gasteiger partial charge in [0.05, 0.1) is 5.56 Å². The van der Waals surface area contributed by atoms with Crippen molar-refractivity contribution in [2.45, 2.75) is 29.8 Å². The van der Waals surface area contributed by atoms with E-state index < -0.39 is 0 Å². The summed E-state index contributed by atoms with van der Waals surface area (Å²) in [7, 11) is 0. The van der Waals surface area contributed by atoms with E-state index in [1.165, 1.54) is 0 Å². The molecule has 2 heterocycles. The van der Waals surface area contributed by atoms with E-state index in [2.05, 4.69) is 17.9 Å². The Morgan fingerprint density at radius 1 is 1.29 bits per heavy atom. The van der Waals surface area contributed by atoms with Gasteiger partial charge in [-0.15, -0.1) is 12.6 Å². The van der Waals surface area contributed by atoms with Crippen LogP contribution < -0.4 is 5.32 Å². The highest BCUT2D eigenvalue weighted by atomic mass is 32.1. The molecule has 0 unspecified atom stereocenters. The van der Waals surface area contributed by atoms with Crippen LogP contribution in [0.4, 0.5) is 0 Å². The van der Waals surface area contributed by atoms with Gasteiger partial charge in [0.25, 0.3) is 0 Å². The van der Waals surface area contributed by atoms with Gasteiger partial charge in [-0.1, -0.05) is 6.07 Å². The lowest BCUT2D eigenvalue weighted by Crippen LogP contribution is -2.49. The molecule has 3 nitrogen and oxygen atoms in total. The van der Waals surface area contributed by atoms with Gasteiger partial charge in [0, 0.05) is 24.2 Å². The molecule has 3 rings (SSSR count). The van der Waals surface area contributed by atoms with Crippen molar-refractivity contribution in [3.05, 3.63) is 29.3 Å². The maximum Gasteiger partial charge on any atom is 0.339 e. The van der Waals surface area contributed by atoms with Crippen LogP contribution in [0, 0.1) is 0 Å². The lowest BCUT2D eigenvalue weighted by atomic mass is 9.82. The number of rotatable bonds is 0. The summed E-state index contributed by atoms with van der Waals surface area (Å²) >= 11 is 4.26. The van der Waals surface area contributed by atoms with Crippen molar-refractivity contribution in [2.24, 2.45) is 0 Å². The van der Waals surface area contributed by atoms with Crippen LogP contribution in [0.15, 0.2) is 23.1 Å². The zero-order chi connectivity index (χ0) is 11.9. The zero-order valence-electron chi connectivity index (χ0n) is 9.53. The molecule has 0 radical (unpaired) electrons. The maximum absolute atomic E-state index is 12.0. The van der Waals surface area contributed by atoms with Crippen molar-refractivity contribution >= 4 is 18.6 Å². The van der Waals surface area contributed by atoms with Crippen LogP contribution in [0.2, 0.25) is 0 Å². The number of hydrogen-bond acceptors (Lipinski definition) is 4. The maximum atomic E-state index is 12.0. The van der Waals surface area contributed by atoms with Gasteiger partial charge in [0.15, 0.2) is 0 Å². The lowest BCUT2D eigenvalue weighted by molar-refractivity contribution is -0.0398. The minimum Gasteiger partial charge on any atom is -0.455 e. The number of carbonyl (C=O) groups is 1. The number of nitrogens with one attached hydrogen (secondary N) is 1. The van der Waals surface area contributed by atoms with Crippen molar-refractivity contribution in [3.8, 4) is 0 Å². The molecular formula is C13H15NO2S. The summed E-state index contributed by atoms with van der Waals surface area (Å²) < 4.78 is 5.68. The molecule has 0 amide bonds. The van der Waals surface area contributed by atoms with Gasteiger partial charge in [-0.3, -0.25) is 0 Å². The Hall–Kier alpha value is -1.00. The highest BCUT2D eigenvalue weighted by Crippen LogP contribution is 2.35. The summed E-state index contributed by atoms with van der Waals surface area (Å²) in [4.78, 5) is 12.8. The third-order valence-electron chi connectivity index (χ3n) is 3.65. The van der Waals surface area contributed by atoms with Gasteiger partial charge in [-0.25, -0.2) is 4.79 Å². The fourth-order valence-electron chi connectivity index (χ4n) is 2.70. The second kappa shape index (κ2) is 4.03. The number of hydrogen-bond donors (Lipinski definition) is 2. The van der Waals surface area contributed by atoms with Crippen molar-refractivity contribution in [1.82, 2.24) is 5.32 Å². The van der Waals surface area contributed by atoms with E-state index >= 15 is 0 Å². The summed E-state index contributed by atoms with van der Waals surface area (Å²) in [5, 5.41) is 3.30. The Morgan fingerprint density at radius 2 is 2.06 bits per heavy atom. The number of fused-ring (bicyclic) bond motifs is 1. The Bertz CT molecular complexity index is 466. The van der Waals surface area contributed by atoms with Gasteiger partial charge in [-0.2, -0.15) is 0 Å². The predicted molar refractivity (Wildman–Crippen MR) is 67.6 cm³/mol. The molecule has 1 fully saturated rings. The first-order valence-electron chi connectivity index (χ1n) is 5.95. The summed E-state index contributed by atoms with van der Waals surface area (Å²) in [5.41, 5.74) is 1.51. The topological polar surface area (TPSA) is 38.3 Å². The zero-order valence-corrected chi connectivity index (χ0v) is 10.4. The highest BCUT2D eigenvalue weighted by Gasteiger charge is 2.40. The Balaban J connectivity index is 1.97. The lowest BCUT2D eigenvalue weighted by Gasteiger charge is -2.40. The first-order chi connectivity index (χ1) is 8.19. The number of carbonyl (C=O) groups excluding carboxylic acids is 1. The molecule has 0 atom stereocenters. The van der Waals surface area contributed by atoms with E-state index in [0.29, 0.717) is 5.56 Å². The van der Waals surface area contributed by atoms with E-state index in [1.807, 2.05) is 12.1 Å². The normalized spacial score (nSPS) is 22.1. The second-order valence-electron chi connectivity index (χ2n) is 4.84. The van der Waals surface area contributed by atoms with E-state index in [4.69, 9.17) is 4.74 Å². The standard InChI is InChI=1S/C13H15NO2S/c15-12-11-7-10(17)2-1-9(11)8-13(16-12)3-5-14-6-4-13/h1-2,7,14,17H,3-6,8H2. The summed E-state index contributed by atoms with van der Waals surface area (Å²) in [6, 6.07) is 5.74.